The van der Waals surface area contributed by atoms with Crippen molar-refractivity contribution in [3.8, 4) is 23.4 Å². The first kappa shape index (κ1) is 37.1. The van der Waals surface area contributed by atoms with E-state index in [2.05, 4.69) is 34.0 Å². The van der Waals surface area contributed by atoms with Crippen molar-refractivity contribution in [3.63, 3.8) is 0 Å². The molecule has 0 spiro atoms. The van der Waals surface area contributed by atoms with Crippen molar-refractivity contribution in [1.82, 2.24) is 29.5 Å². The zero-order valence-electron chi connectivity index (χ0n) is 29.1. The molecule has 0 radical (unpaired) electrons. The standard InChI is InChI=1S/C20H26ClN3O3.C16H18ClN3O3/c1-19(2,3)27-18(25)14-6-7-15(22-17(14)21)24-12-8-16(23-24)26-13-5-9-20(4)10-11-20;1-16(7-8-16)6-2-10-23-13-5-9-20(19-13)12-4-3-11(15(21)22)14(17)18-12/h6-8,12H,5,9-11,13H2,1-4H3;3-5,9H,2,6-8,10H2,1H3,(H,21,22). The summed E-state index contributed by atoms with van der Waals surface area (Å²) in [6.45, 7) is 11.3. The Morgan fingerprint density at radius 2 is 1.20 bits per heavy atom. The van der Waals surface area contributed by atoms with Crippen molar-refractivity contribution >= 4 is 35.1 Å². The van der Waals surface area contributed by atoms with Crippen molar-refractivity contribution in [3.05, 3.63) is 70.2 Å². The highest BCUT2D eigenvalue weighted by molar-refractivity contribution is 6.32. The van der Waals surface area contributed by atoms with Crippen LogP contribution in [-0.2, 0) is 4.74 Å². The SMILES string of the molecule is CC1(CCCOc2ccn(-c3ccc(C(=O)O)c(Cl)n3)n2)CC1.CC1(CCCOc2ccn(-c3ccc(C(=O)OC(C)(C)C)c(Cl)n3)n2)CC1. The lowest BCUT2D eigenvalue weighted by atomic mass is 10.0. The number of aromatic nitrogens is 6. The Balaban J connectivity index is 0.000000197. The second-order valence-corrected chi connectivity index (χ2v) is 15.3. The summed E-state index contributed by atoms with van der Waals surface area (Å²) in [5.41, 5.74) is 0.679. The average Bonchev–Trinajstić information content (AvgIpc) is 3.81. The van der Waals surface area contributed by atoms with Crippen LogP contribution in [0.5, 0.6) is 11.8 Å². The molecule has 2 aliphatic carbocycles. The molecule has 1 N–H and O–H groups in total. The number of rotatable bonds is 14. The number of carbonyl (C=O) groups is 2. The summed E-state index contributed by atoms with van der Waals surface area (Å²) < 4.78 is 19.8. The molecule has 14 heteroatoms. The number of esters is 1. The molecule has 0 saturated heterocycles. The maximum absolute atomic E-state index is 12.2. The second-order valence-electron chi connectivity index (χ2n) is 14.5. The van der Waals surface area contributed by atoms with E-state index in [0.29, 0.717) is 47.4 Å². The third-order valence-corrected chi connectivity index (χ3v) is 9.25. The van der Waals surface area contributed by atoms with Gasteiger partial charge in [0.2, 0.25) is 11.8 Å². The minimum atomic E-state index is -1.11. The Morgan fingerprint density at radius 3 is 1.58 bits per heavy atom. The highest BCUT2D eigenvalue weighted by atomic mass is 35.5. The van der Waals surface area contributed by atoms with Crippen LogP contribution in [0.15, 0.2) is 48.8 Å². The molecule has 2 aliphatic rings. The molecule has 0 aliphatic heterocycles. The molecule has 6 rings (SSSR count). The minimum absolute atomic E-state index is 0.0346. The number of hydrogen-bond acceptors (Lipinski definition) is 9. The highest BCUT2D eigenvalue weighted by Gasteiger charge is 2.36. The Labute approximate surface area is 302 Å². The number of carboxylic acid groups (broad SMARTS) is 1. The molecule has 2 saturated carbocycles. The van der Waals surface area contributed by atoms with Crippen molar-refractivity contribution < 1.29 is 28.9 Å². The summed E-state index contributed by atoms with van der Waals surface area (Å²) in [5.74, 6) is 0.410. The number of carboxylic acids is 1. The van der Waals surface area contributed by atoms with Crippen LogP contribution in [0.1, 0.15) is 107 Å². The van der Waals surface area contributed by atoms with E-state index in [0.717, 1.165) is 12.8 Å². The molecule has 4 heterocycles. The van der Waals surface area contributed by atoms with Crippen LogP contribution < -0.4 is 9.47 Å². The molecule has 4 aromatic heterocycles. The lowest BCUT2D eigenvalue weighted by Gasteiger charge is -2.19. The van der Waals surface area contributed by atoms with Gasteiger partial charge >= 0.3 is 11.9 Å². The third-order valence-electron chi connectivity index (χ3n) is 8.67. The molecule has 268 valence electrons. The predicted octanol–water partition coefficient (Wildman–Crippen LogP) is 8.41. The highest BCUT2D eigenvalue weighted by Crippen LogP contribution is 2.49. The fourth-order valence-electron chi connectivity index (χ4n) is 5.05. The number of pyridine rings is 2. The Kier molecular flexibility index (Phi) is 11.4. The molecular formula is C36H44Cl2N6O6. The number of hydrogen-bond donors (Lipinski definition) is 1. The quantitative estimate of drug-likeness (QED) is 0.0764. The molecular weight excluding hydrogens is 683 g/mol. The fraction of sp³-hybridized carbons (Fsp3) is 0.500. The molecule has 0 unspecified atom stereocenters. The normalized spacial score (nSPS) is 15.4. The van der Waals surface area contributed by atoms with Gasteiger partial charge in [0.15, 0.2) is 11.6 Å². The Hall–Kier alpha value is -4.16. The van der Waals surface area contributed by atoms with Crippen LogP contribution in [0.3, 0.4) is 0 Å². The summed E-state index contributed by atoms with van der Waals surface area (Å²) in [7, 11) is 0. The summed E-state index contributed by atoms with van der Waals surface area (Å²) >= 11 is 12.0. The van der Waals surface area contributed by atoms with Crippen LogP contribution in [0.25, 0.3) is 11.6 Å². The van der Waals surface area contributed by atoms with E-state index in [4.69, 9.17) is 42.5 Å². The van der Waals surface area contributed by atoms with Gasteiger partial charge in [0.25, 0.3) is 0 Å². The van der Waals surface area contributed by atoms with E-state index in [9.17, 15) is 9.59 Å². The minimum Gasteiger partial charge on any atom is -0.478 e. The molecule has 0 bridgehead atoms. The molecule has 4 aromatic rings. The second kappa shape index (κ2) is 15.4. The Morgan fingerprint density at radius 1 is 0.760 bits per heavy atom. The average molecular weight is 728 g/mol. The van der Waals surface area contributed by atoms with Gasteiger partial charge in [-0.15, -0.1) is 10.2 Å². The third kappa shape index (κ3) is 10.7. The number of halogens is 2. The van der Waals surface area contributed by atoms with Gasteiger partial charge in [0.05, 0.1) is 24.3 Å². The van der Waals surface area contributed by atoms with Gasteiger partial charge in [-0.2, -0.15) is 0 Å². The van der Waals surface area contributed by atoms with E-state index in [1.54, 1.807) is 68.2 Å². The number of aromatic carboxylic acids is 1. The van der Waals surface area contributed by atoms with Crippen LogP contribution in [0, 0.1) is 10.8 Å². The van der Waals surface area contributed by atoms with E-state index >= 15 is 0 Å². The first-order chi connectivity index (χ1) is 23.6. The van der Waals surface area contributed by atoms with Crippen LogP contribution >= 0.6 is 23.2 Å². The lowest BCUT2D eigenvalue weighted by molar-refractivity contribution is 0.00690. The van der Waals surface area contributed by atoms with E-state index < -0.39 is 17.5 Å². The first-order valence-electron chi connectivity index (χ1n) is 16.8. The van der Waals surface area contributed by atoms with Crippen LogP contribution in [0.4, 0.5) is 0 Å². The molecule has 0 amide bonds. The zero-order valence-corrected chi connectivity index (χ0v) is 30.6. The predicted molar refractivity (Wildman–Crippen MR) is 189 cm³/mol. The van der Waals surface area contributed by atoms with E-state index in [1.807, 2.05) is 0 Å². The van der Waals surface area contributed by atoms with E-state index in [-0.39, 0.29) is 21.4 Å². The van der Waals surface area contributed by atoms with Crippen LogP contribution in [-0.4, -0.2) is 65.4 Å². The summed E-state index contributed by atoms with van der Waals surface area (Å²) in [6, 6.07) is 9.77. The van der Waals surface area contributed by atoms with Crippen molar-refractivity contribution in [2.45, 2.75) is 91.6 Å². The fourth-order valence-corrected chi connectivity index (χ4v) is 5.51. The molecule has 2 fully saturated rings. The topological polar surface area (TPSA) is 143 Å². The lowest BCUT2D eigenvalue weighted by Crippen LogP contribution is -2.24. The van der Waals surface area contributed by atoms with E-state index in [1.165, 1.54) is 49.3 Å². The van der Waals surface area contributed by atoms with Crippen molar-refractivity contribution in [2.75, 3.05) is 13.2 Å². The molecule has 0 aromatic carbocycles. The monoisotopic (exact) mass is 726 g/mol. The number of ether oxygens (including phenoxy) is 3. The first-order valence-corrected chi connectivity index (χ1v) is 17.6. The summed E-state index contributed by atoms with van der Waals surface area (Å²) in [4.78, 5) is 31.4. The summed E-state index contributed by atoms with van der Waals surface area (Å²) in [5, 5.41) is 17.6. The van der Waals surface area contributed by atoms with Gasteiger partial charge in [-0.05, 0) is 107 Å². The van der Waals surface area contributed by atoms with Gasteiger partial charge in [-0.3, -0.25) is 0 Å². The molecule has 0 atom stereocenters. The maximum Gasteiger partial charge on any atom is 0.341 e. The zero-order chi connectivity index (χ0) is 36.1. The van der Waals surface area contributed by atoms with Crippen molar-refractivity contribution in [1.29, 1.82) is 0 Å². The van der Waals surface area contributed by atoms with Gasteiger partial charge < -0.3 is 19.3 Å². The summed E-state index contributed by atoms with van der Waals surface area (Å²) in [6.07, 6.45) is 13.2. The molecule has 12 nitrogen and oxygen atoms in total. The van der Waals surface area contributed by atoms with Gasteiger partial charge in [-0.25, -0.2) is 28.9 Å². The maximum atomic E-state index is 12.2. The van der Waals surface area contributed by atoms with Gasteiger partial charge in [0, 0.05) is 24.5 Å². The number of carbonyl (C=O) groups excluding carboxylic acids is 1. The molecule has 50 heavy (non-hydrogen) atoms. The van der Waals surface area contributed by atoms with Crippen LogP contribution in [0.2, 0.25) is 10.3 Å². The smallest absolute Gasteiger partial charge is 0.341 e. The number of nitrogens with zero attached hydrogens (tertiary/aromatic N) is 6. The Bertz CT molecular complexity index is 1810. The van der Waals surface area contributed by atoms with Gasteiger partial charge in [0.1, 0.15) is 15.9 Å². The largest absolute Gasteiger partial charge is 0.478 e. The van der Waals surface area contributed by atoms with Crippen molar-refractivity contribution in [2.24, 2.45) is 10.8 Å². The van der Waals surface area contributed by atoms with Gasteiger partial charge in [-0.1, -0.05) is 37.0 Å².